The summed E-state index contributed by atoms with van der Waals surface area (Å²) in [5.74, 6) is 0.632. The highest BCUT2D eigenvalue weighted by molar-refractivity contribution is 5.95. The Morgan fingerprint density at radius 3 is 2.76 bits per heavy atom. The molecule has 0 spiro atoms. The summed E-state index contributed by atoms with van der Waals surface area (Å²) in [5, 5.41) is 1.27. The van der Waals surface area contributed by atoms with E-state index in [1.165, 1.54) is 27.7 Å². The zero-order chi connectivity index (χ0) is 17.6. The standard InChI is InChI=1S/C22H24N2O/c1-14(2)16-7-8-20-18(12-16)19-13-24(10-9-21(19)23-20)22(25)17-6-4-5-15(3)11-17/h4-8,11-12,14,23H,9-10,13H2,1-3H3. The molecule has 0 aliphatic carbocycles. The van der Waals surface area contributed by atoms with Gasteiger partial charge in [0.05, 0.1) is 0 Å². The summed E-state index contributed by atoms with van der Waals surface area (Å²) >= 11 is 0. The van der Waals surface area contributed by atoms with Crippen molar-refractivity contribution in [2.75, 3.05) is 6.54 Å². The number of nitrogens with zero attached hydrogens (tertiary/aromatic N) is 1. The molecular formula is C22H24N2O. The predicted octanol–water partition coefficient (Wildman–Crippen LogP) is 4.80. The highest BCUT2D eigenvalue weighted by atomic mass is 16.2. The number of amides is 1. The first-order chi connectivity index (χ1) is 12.0. The number of hydrogen-bond acceptors (Lipinski definition) is 1. The second kappa shape index (κ2) is 6.07. The number of carbonyl (C=O) groups excluding carboxylic acids is 1. The van der Waals surface area contributed by atoms with Crippen molar-refractivity contribution < 1.29 is 4.79 Å². The first-order valence-electron chi connectivity index (χ1n) is 9.02. The number of aromatic nitrogens is 1. The van der Waals surface area contributed by atoms with Crippen LogP contribution in [-0.4, -0.2) is 22.3 Å². The van der Waals surface area contributed by atoms with Crippen LogP contribution in [0.3, 0.4) is 0 Å². The van der Waals surface area contributed by atoms with Crippen LogP contribution in [0.4, 0.5) is 0 Å². The predicted molar refractivity (Wildman–Crippen MR) is 102 cm³/mol. The molecule has 1 aliphatic heterocycles. The van der Waals surface area contributed by atoms with Crippen LogP contribution >= 0.6 is 0 Å². The first-order valence-corrected chi connectivity index (χ1v) is 9.02. The number of nitrogens with one attached hydrogen (secondary N) is 1. The smallest absolute Gasteiger partial charge is 0.254 e. The molecule has 1 aliphatic rings. The Morgan fingerprint density at radius 2 is 2.00 bits per heavy atom. The zero-order valence-corrected chi connectivity index (χ0v) is 15.1. The van der Waals surface area contributed by atoms with Gasteiger partial charge in [0.2, 0.25) is 0 Å². The Morgan fingerprint density at radius 1 is 1.16 bits per heavy atom. The number of hydrogen-bond donors (Lipinski definition) is 1. The van der Waals surface area contributed by atoms with Crippen molar-refractivity contribution >= 4 is 16.8 Å². The molecule has 2 heterocycles. The fraction of sp³-hybridized carbons (Fsp3) is 0.318. The molecule has 25 heavy (non-hydrogen) atoms. The molecule has 0 bridgehead atoms. The van der Waals surface area contributed by atoms with Gasteiger partial charge in [-0.2, -0.15) is 0 Å². The molecule has 4 rings (SSSR count). The van der Waals surface area contributed by atoms with Crippen molar-refractivity contribution in [1.82, 2.24) is 9.88 Å². The second-order valence-corrected chi connectivity index (χ2v) is 7.39. The fourth-order valence-corrected chi connectivity index (χ4v) is 3.72. The van der Waals surface area contributed by atoms with Gasteiger partial charge >= 0.3 is 0 Å². The molecular weight excluding hydrogens is 308 g/mol. The molecule has 0 fully saturated rings. The number of benzene rings is 2. The molecule has 3 nitrogen and oxygen atoms in total. The molecule has 3 aromatic rings. The Kier molecular flexibility index (Phi) is 3.87. The van der Waals surface area contributed by atoms with Crippen LogP contribution in [0.2, 0.25) is 0 Å². The lowest BCUT2D eigenvalue weighted by Gasteiger charge is -2.27. The largest absolute Gasteiger partial charge is 0.358 e. The average Bonchev–Trinajstić information content (AvgIpc) is 2.98. The van der Waals surface area contributed by atoms with Crippen molar-refractivity contribution in [2.45, 2.75) is 39.7 Å². The highest BCUT2D eigenvalue weighted by Gasteiger charge is 2.25. The van der Waals surface area contributed by atoms with Crippen LogP contribution in [0.5, 0.6) is 0 Å². The van der Waals surface area contributed by atoms with Crippen LogP contribution < -0.4 is 0 Å². The highest BCUT2D eigenvalue weighted by Crippen LogP contribution is 2.30. The van der Waals surface area contributed by atoms with Gasteiger partial charge in [0.25, 0.3) is 5.91 Å². The summed E-state index contributed by atoms with van der Waals surface area (Å²) in [6.45, 7) is 7.91. The van der Waals surface area contributed by atoms with Crippen LogP contribution in [-0.2, 0) is 13.0 Å². The molecule has 2 aromatic carbocycles. The zero-order valence-electron chi connectivity index (χ0n) is 15.1. The lowest BCUT2D eigenvalue weighted by molar-refractivity contribution is 0.0735. The molecule has 0 unspecified atom stereocenters. The monoisotopic (exact) mass is 332 g/mol. The van der Waals surface area contributed by atoms with E-state index in [0.29, 0.717) is 12.5 Å². The van der Waals surface area contributed by atoms with Gasteiger partial charge in [-0.3, -0.25) is 4.79 Å². The third kappa shape index (κ3) is 2.84. The van der Waals surface area contributed by atoms with Crippen molar-refractivity contribution in [3.8, 4) is 0 Å². The fourth-order valence-electron chi connectivity index (χ4n) is 3.72. The van der Waals surface area contributed by atoms with Gasteiger partial charge in [-0.15, -0.1) is 0 Å². The van der Waals surface area contributed by atoms with Crippen LogP contribution in [0.25, 0.3) is 10.9 Å². The lowest BCUT2D eigenvalue weighted by Crippen LogP contribution is -2.35. The van der Waals surface area contributed by atoms with Gasteiger partial charge in [0.1, 0.15) is 0 Å². The molecule has 0 saturated heterocycles. The summed E-state index contributed by atoms with van der Waals surface area (Å²) in [4.78, 5) is 18.4. The third-order valence-electron chi connectivity index (χ3n) is 5.22. The summed E-state index contributed by atoms with van der Waals surface area (Å²) in [7, 11) is 0. The van der Waals surface area contributed by atoms with Crippen molar-refractivity contribution in [2.24, 2.45) is 0 Å². The molecule has 0 atom stereocenters. The van der Waals surface area contributed by atoms with Gasteiger partial charge < -0.3 is 9.88 Å². The first kappa shape index (κ1) is 15.9. The molecule has 1 amide bonds. The molecule has 1 aromatic heterocycles. The van der Waals surface area contributed by atoms with Crippen LogP contribution in [0, 0.1) is 6.92 Å². The van der Waals surface area contributed by atoms with Gasteiger partial charge in [0.15, 0.2) is 0 Å². The van der Waals surface area contributed by atoms with E-state index < -0.39 is 0 Å². The van der Waals surface area contributed by atoms with Crippen LogP contribution in [0.1, 0.15) is 52.5 Å². The SMILES string of the molecule is Cc1cccc(C(=O)N2CCc3[nH]c4ccc(C(C)C)cc4c3C2)c1. The maximum absolute atomic E-state index is 12.9. The van der Waals surface area contributed by atoms with Crippen LogP contribution in [0.15, 0.2) is 42.5 Å². The van der Waals surface area contributed by atoms with E-state index in [4.69, 9.17) is 0 Å². The van der Waals surface area contributed by atoms with Gasteiger partial charge in [-0.25, -0.2) is 0 Å². The maximum atomic E-state index is 12.9. The normalized spacial score (nSPS) is 14.2. The van der Waals surface area contributed by atoms with Crippen molar-refractivity contribution in [3.05, 3.63) is 70.4 Å². The minimum absolute atomic E-state index is 0.128. The van der Waals surface area contributed by atoms with Gasteiger partial charge in [-0.05, 0) is 42.7 Å². The number of fused-ring (bicyclic) bond motifs is 3. The van der Waals surface area contributed by atoms with Gasteiger partial charge in [0, 0.05) is 47.2 Å². The minimum Gasteiger partial charge on any atom is -0.358 e. The number of aryl methyl sites for hydroxylation is 1. The Labute approximate surface area is 148 Å². The quantitative estimate of drug-likeness (QED) is 0.719. The van der Waals surface area contributed by atoms with E-state index in [1.807, 2.05) is 36.1 Å². The number of rotatable bonds is 2. The Balaban J connectivity index is 1.69. The summed E-state index contributed by atoms with van der Waals surface area (Å²) in [6, 6.07) is 14.5. The van der Waals surface area contributed by atoms with E-state index in [-0.39, 0.29) is 5.91 Å². The topological polar surface area (TPSA) is 36.1 Å². The summed E-state index contributed by atoms with van der Waals surface area (Å²) in [5.41, 5.74) is 6.99. The molecule has 0 radical (unpaired) electrons. The third-order valence-corrected chi connectivity index (χ3v) is 5.22. The lowest BCUT2D eigenvalue weighted by atomic mass is 9.98. The minimum atomic E-state index is 0.128. The van der Waals surface area contributed by atoms with E-state index in [0.717, 1.165) is 24.1 Å². The van der Waals surface area contributed by atoms with E-state index >= 15 is 0 Å². The average molecular weight is 332 g/mol. The molecule has 0 saturated carbocycles. The second-order valence-electron chi connectivity index (χ2n) is 7.39. The summed E-state index contributed by atoms with van der Waals surface area (Å²) in [6.07, 6.45) is 0.887. The Bertz CT molecular complexity index is 952. The van der Waals surface area contributed by atoms with E-state index in [1.54, 1.807) is 0 Å². The summed E-state index contributed by atoms with van der Waals surface area (Å²) < 4.78 is 0. The number of aromatic amines is 1. The van der Waals surface area contributed by atoms with Crippen molar-refractivity contribution in [1.29, 1.82) is 0 Å². The number of carbonyl (C=O) groups is 1. The molecule has 1 N–H and O–H groups in total. The van der Waals surface area contributed by atoms with E-state index in [2.05, 4.69) is 37.0 Å². The van der Waals surface area contributed by atoms with Gasteiger partial charge in [-0.1, -0.05) is 37.6 Å². The van der Waals surface area contributed by atoms with Crippen molar-refractivity contribution in [3.63, 3.8) is 0 Å². The molecule has 128 valence electrons. The van der Waals surface area contributed by atoms with E-state index in [9.17, 15) is 4.79 Å². The Hall–Kier alpha value is -2.55. The number of H-pyrrole nitrogens is 1. The maximum Gasteiger partial charge on any atom is 0.254 e. The molecule has 3 heteroatoms.